The van der Waals surface area contributed by atoms with E-state index in [0.717, 1.165) is 12.1 Å². The van der Waals surface area contributed by atoms with Gasteiger partial charge in [-0.3, -0.25) is 19.1 Å². The first kappa shape index (κ1) is 20.5. The van der Waals surface area contributed by atoms with Crippen LogP contribution in [0.5, 0.6) is 0 Å². The van der Waals surface area contributed by atoms with Gasteiger partial charge in [0.2, 0.25) is 11.8 Å². The Balaban J connectivity index is 2.00. The van der Waals surface area contributed by atoms with Gasteiger partial charge in [0.25, 0.3) is 5.56 Å². The maximum Gasteiger partial charge on any atom is 0.295 e. The number of nitrogens with one attached hydrogen (secondary N) is 2. The number of carbonyl (C=O) groups is 2. The predicted molar refractivity (Wildman–Crippen MR) is 106 cm³/mol. The molecule has 1 heterocycles. The normalized spacial score (nSPS) is 10.9. The van der Waals surface area contributed by atoms with Crippen LogP contribution in [-0.4, -0.2) is 27.7 Å². The first-order valence-electron chi connectivity index (χ1n) is 9.21. The van der Waals surface area contributed by atoms with E-state index in [1.807, 2.05) is 30.3 Å². The molecule has 7 heteroatoms. The van der Waals surface area contributed by atoms with Crippen molar-refractivity contribution in [1.82, 2.24) is 14.7 Å². The third kappa shape index (κ3) is 5.32. The SMILES string of the molecule is Cc1c(NC(=O)CCC(=O)NCCC(C)C)c(=O)n(-c2ccccc2)n1C. The summed E-state index contributed by atoms with van der Waals surface area (Å²) in [5, 5.41) is 5.47. The Labute approximate surface area is 159 Å². The van der Waals surface area contributed by atoms with E-state index in [1.165, 1.54) is 4.68 Å². The second kappa shape index (κ2) is 9.21. The van der Waals surface area contributed by atoms with Crippen molar-refractivity contribution in [2.75, 3.05) is 11.9 Å². The summed E-state index contributed by atoms with van der Waals surface area (Å²) in [5.74, 6) is 0.0127. The van der Waals surface area contributed by atoms with Gasteiger partial charge in [0, 0.05) is 26.4 Å². The summed E-state index contributed by atoms with van der Waals surface area (Å²) in [4.78, 5) is 36.7. The average Bonchev–Trinajstić information content (AvgIpc) is 2.84. The summed E-state index contributed by atoms with van der Waals surface area (Å²) in [5.41, 5.74) is 1.32. The van der Waals surface area contributed by atoms with Crippen molar-refractivity contribution in [3.05, 3.63) is 46.4 Å². The highest BCUT2D eigenvalue weighted by molar-refractivity contribution is 5.93. The third-order valence-corrected chi connectivity index (χ3v) is 4.44. The van der Waals surface area contributed by atoms with Gasteiger partial charge in [0.15, 0.2) is 0 Å². The molecule has 0 aliphatic carbocycles. The van der Waals surface area contributed by atoms with E-state index in [4.69, 9.17) is 0 Å². The molecule has 0 aliphatic heterocycles. The van der Waals surface area contributed by atoms with Crippen molar-refractivity contribution < 1.29 is 9.59 Å². The molecule has 2 aromatic rings. The Hall–Kier alpha value is -2.83. The minimum atomic E-state index is -0.347. The summed E-state index contributed by atoms with van der Waals surface area (Å²) in [6.07, 6.45) is 1.04. The Morgan fingerprint density at radius 1 is 1.07 bits per heavy atom. The minimum Gasteiger partial charge on any atom is -0.356 e. The molecule has 2 rings (SSSR count). The van der Waals surface area contributed by atoms with Crippen molar-refractivity contribution in [2.45, 2.75) is 40.0 Å². The molecule has 2 amide bonds. The van der Waals surface area contributed by atoms with E-state index in [1.54, 1.807) is 18.7 Å². The topological polar surface area (TPSA) is 85.1 Å². The van der Waals surface area contributed by atoms with Gasteiger partial charge in [-0.1, -0.05) is 32.0 Å². The molecule has 0 atom stereocenters. The molecule has 2 N–H and O–H groups in total. The van der Waals surface area contributed by atoms with Gasteiger partial charge in [-0.05, 0) is 31.4 Å². The number of hydrogen-bond acceptors (Lipinski definition) is 3. The van der Waals surface area contributed by atoms with Crippen molar-refractivity contribution in [3.63, 3.8) is 0 Å². The van der Waals surface area contributed by atoms with Crippen molar-refractivity contribution in [1.29, 1.82) is 0 Å². The lowest BCUT2D eigenvalue weighted by atomic mass is 10.1. The number of nitrogens with zero attached hydrogens (tertiary/aromatic N) is 2. The van der Waals surface area contributed by atoms with E-state index in [9.17, 15) is 14.4 Å². The molecule has 27 heavy (non-hydrogen) atoms. The number of amides is 2. The second-order valence-electron chi connectivity index (χ2n) is 7.02. The molecule has 146 valence electrons. The van der Waals surface area contributed by atoms with Crippen LogP contribution in [0.1, 0.15) is 38.8 Å². The van der Waals surface area contributed by atoms with Crippen LogP contribution in [-0.2, 0) is 16.6 Å². The zero-order chi connectivity index (χ0) is 20.0. The van der Waals surface area contributed by atoms with Crippen LogP contribution < -0.4 is 16.2 Å². The van der Waals surface area contributed by atoms with Crippen LogP contribution in [0.25, 0.3) is 5.69 Å². The highest BCUT2D eigenvalue weighted by Gasteiger charge is 2.18. The number of hydrogen-bond donors (Lipinski definition) is 2. The Morgan fingerprint density at radius 3 is 2.33 bits per heavy atom. The Kier molecular flexibility index (Phi) is 6.98. The highest BCUT2D eigenvalue weighted by atomic mass is 16.2. The standard InChI is InChI=1S/C20H28N4O3/c1-14(2)12-13-21-17(25)10-11-18(26)22-19-15(3)23(4)24(20(19)27)16-8-6-5-7-9-16/h5-9,14H,10-13H2,1-4H3,(H,21,25)(H,22,26). The minimum absolute atomic E-state index is 0.0343. The monoisotopic (exact) mass is 372 g/mol. The largest absolute Gasteiger partial charge is 0.356 e. The maximum absolute atomic E-state index is 12.7. The molecule has 7 nitrogen and oxygen atoms in total. The first-order chi connectivity index (χ1) is 12.8. The summed E-state index contributed by atoms with van der Waals surface area (Å²) < 4.78 is 3.20. The van der Waals surface area contributed by atoms with Crippen molar-refractivity contribution >= 4 is 17.5 Å². The summed E-state index contributed by atoms with van der Waals surface area (Å²) in [6, 6.07) is 9.22. The van der Waals surface area contributed by atoms with Crippen LogP contribution in [0.3, 0.4) is 0 Å². The maximum atomic E-state index is 12.7. The van der Waals surface area contributed by atoms with E-state index < -0.39 is 0 Å². The van der Waals surface area contributed by atoms with Gasteiger partial charge in [-0.25, -0.2) is 4.68 Å². The molecule has 0 spiro atoms. The molecule has 1 aromatic heterocycles. The molecular weight excluding hydrogens is 344 g/mol. The number of rotatable bonds is 8. The molecule has 0 radical (unpaired) electrons. The molecule has 1 aromatic carbocycles. The van der Waals surface area contributed by atoms with Crippen molar-refractivity contribution in [2.24, 2.45) is 13.0 Å². The fourth-order valence-corrected chi connectivity index (χ4v) is 2.73. The van der Waals surface area contributed by atoms with Gasteiger partial charge in [0.05, 0.1) is 11.4 Å². The van der Waals surface area contributed by atoms with Gasteiger partial charge >= 0.3 is 0 Å². The predicted octanol–water partition coefficient (Wildman–Crippen LogP) is 2.37. The van der Waals surface area contributed by atoms with E-state index >= 15 is 0 Å². The Morgan fingerprint density at radius 2 is 1.70 bits per heavy atom. The van der Waals surface area contributed by atoms with E-state index in [2.05, 4.69) is 24.5 Å². The highest BCUT2D eigenvalue weighted by Crippen LogP contribution is 2.14. The second-order valence-corrected chi connectivity index (χ2v) is 7.02. The molecule has 0 bridgehead atoms. The first-order valence-corrected chi connectivity index (χ1v) is 9.21. The molecular formula is C20H28N4O3. The van der Waals surface area contributed by atoms with Crippen LogP contribution in [0.4, 0.5) is 5.69 Å². The zero-order valence-corrected chi connectivity index (χ0v) is 16.4. The number of anilines is 1. The fraction of sp³-hybridized carbons (Fsp3) is 0.450. The number of para-hydroxylation sites is 1. The van der Waals surface area contributed by atoms with Crippen LogP contribution in [0.15, 0.2) is 35.1 Å². The number of carbonyl (C=O) groups excluding carboxylic acids is 2. The van der Waals surface area contributed by atoms with Gasteiger partial charge < -0.3 is 10.6 Å². The fourth-order valence-electron chi connectivity index (χ4n) is 2.73. The van der Waals surface area contributed by atoms with Crippen LogP contribution in [0.2, 0.25) is 0 Å². The Bertz CT molecular complexity index is 850. The summed E-state index contributed by atoms with van der Waals surface area (Å²) >= 11 is 0. The van der Waals surface area contributed by atoms with Crippen molar-refractivity contribution in [3.8, 4) is 5.69 Å². The zero-order valence-electron chi connectivity index (χ0n) is 16.4. The van der Waals surface area contributed by atoms with Crippen LogP contribution >= 0.6 is 0 Å². The molecule has 0 unspecified atom stereocenters. The quantitative estimate of drug-likeness (QED) is 0.746. The molecule has 0 aliphatic rings. The lowest BCUT2D eigenvalue weighted by Gasteiger charge is -2.07. The third-order valence-electron chi connectivity index (χ3n) is 4.44. The van der Waals surface area contributed by atoms with E-state index in [-0.39, 0.29) is 35.9 Å². The van der Waals surface area contributed by atoms with Gasteiger partial charge in [-0.15, -0.1) is 0 Å². The number of aromatic nitrogens is 2. The number of benzene rings is 1. The summed E-state index contributed by atoms with van der Waals surface area (Å²) in [6.45, 7) is 6.56. The molecule has 0 saturated carbocycles. The van der Waals surface area contributed by atoms with Gasteiger partial charge in [0.1, 0.15) is 5.69 Å². The molecule has 0 saturated heterocycles. The average molecular weight is 372 g/mol. The summed E-state index contributed by atoms with van der Waals surface area (Å²) in [7, 11) is 1.77. The van der Waals surface area contributed by atoms with Gasteiger partial charge in [-0.2, -0.15) is 0 Å². The van der Waals surface area contributed by atoms with Crippen LogP contribution in [0, 0.1) is 12.8 Å². The lowest BCUT2D eigenvalue weighted by Crippen LogP contribution is -2.27. The molecule has 0 fully saturated rings. The van der Waals surface area contributed by atoms with E-state index in [0.29, 0.717) is 18.2 Å². The lowest BCUT2D eigenvalue weighted by molar-refractivity contribution is -0.124. The smallest absolute Gasteiger partial charge is 0.295 e.